The van der Waals surface area contributed by atoms with E-state index in [2.05, 4.69) is 4.89 Å². The molecule has 1 heterocycles. The molecule has 0 spiro atoms. The smallest absolute Gasteiger partial charge is 0.157 e. The summed E-state index contributed by atoms with van der Waals surface area (Å²) in [6, 6.07) is 0. The molecule has 0 saturated carbocycles. The fourth-order valence-electron chi connectivity index (χ4n) is 0.972. The predicted molar refractivity (Wildman–Crippen MR) is 33.5 cm³/mol. The fourth-order valence-corrected chi connectivity index (χ4v) is 0.972. The molecule has 1 fully saturated rings. The van der Waals surface area contributed by atoms with Gasteiger partial charge in [0.25, 0.3) is 0 Å². The van der Waals surface area contributed by atoms with Crippen LogP contribution in [0.5, 0.6) is 0 Å². The maximum atomic E-state index is 8.23. The Morgan fingerprint density at radius 2 is 2.30 bits per heavy atom. The maximum absolute atomic E-state index is 8.23. The monoisotopic (exact) mass is 148 g/mol. The molecule has 4 heteroatoms. The van der Waals surface area contributed by atoms with Gasteiger partial charge in [-0.25, -0.2) is 4.89 Å². The Hall–Kier alpha value is -0.160. The molecule has 0 radical (unpaired) electrons. The number of hydrogen-bond donors (Lipinski definition) is 1. The minimum absolute atomic E-state index is 0.119. The molecule has 0 aromatic carbocycles. The summed E-state index contributed by atoms with van der Waals surface area (Å²) < 4.78 is 10.0. The molecule has 2 atom stereocenters. The largest absolute Gasteiger partial charge is 0.356 e. The Labute approximate surface area is 59.6 Å². The van der Waals surface area contributed by atoms with Crippen LogP contribution in [0.3, 0.4) is 0 Å². The van der Waals surface area contributed by atoms with E-state index in [4.69, 9.17) is 14.7 Å². The fraction of sp³-hybridized carbons (Fsp3) is 1.00. The van der Waals surface area contributed by atoms with Gasteiger partial charge >= 0.3 is 0 Å². The molecule has 1 rings (SSSR count). The molecule has 0 aliphatic carbocycles. The molecule has 1 aliphatic rings. The van der Waals surface area contributed by atoms with Crippen molar-refractivity contribution in [3.05, 3.63) is 0 Å². The molecule has 1 saturated heterocycles. The van der Waals surface area contributed by atoms with Crippen LogP contribution in [0.25, 0.3) is 0 Å². The van der Waals surface area contributed by atoms with E-state index < -0.39 is 0 Å². The van der Waals surface area contributed by atoms with Gasteiger partial charge in [0, 0.05) is 13.5 Å². The first-order valence-corrected chi connectivity index (χ1v) is 3.31. The Kier molecular flexibility index (Phi) is 3.08. The van der Waals surface area contributed by atoms with Crippen LogP contribution in [0.4, 0.5) is 0 Å². The van der Waals surface area contributed by atoms with Gasteiger partial charge < -0.3 is 9.47 Å². The zero-order valence-electron chi connectivity index (χ0n) is 5.95. The zero-order valence-corrected chi connectivity index (χ0v) is 5.95. The Balaban J connectivity index is 2.17. The molecular formula is C6H12O4. The quantitative estimate of drug-likeness (QED) is 0.461. The van der Waals surface area contributed by atoms with Crippen molar-refractivity contribution in [1.82, 2.24) is 0 Å². The highest BCUT2D eigenvalue weighted by atomic mass is 17.1. The summed E-state index contributed by atoms with van der Waals surface area (Å²) in [6.07, 6.45) is 1.27. The van der Waals surface area contributed by atoms with Gasteiger partial charge in [-0.05, 0) is 6.42 Å². The number of hydrogen-bond acceptors (Lipinski definition) is 4. The predicted octanol–water partition coefficient (Wildman–Crippen LogP) is 0.627. The van der Waals surface area contributed by atoms with E-state index in [0.717, 1.165) is 12.8 Å². The second-order valence-corrected chi connectivity index (χ2v) is 2.30. The van der Waals surface area contributed by atoms with E-state index >= 15 is 0 Å². The average Bonchev–Trinajstić information content (AvgIpc) is 2.05. The molecule has 1 N–H and O–H groups in total. The van der Waals surface area contributed by atoms with Gasteiger partial charge in [-0.3, -0.25) is 5.26 Å². The van der Waals surface area contributed by atoms with Crippen molar-refractivity contribution in [1.29, 1.82) is 0 Å². The van der Waals surface area contributed by atoms with E-state index in [1.807, 2.05) is 0 Å². The lowest BCUT2D eigenvalue weighted by Crippen LogP contribution is -2.31. The molecule has 4 nitrogen and oxygen atoms in total. The van der Waals surface area contributed by atoms with Crippen LogP contribution < -0.4 is 0 Å². The molecular weight excluding hydrogens is 136 g/mol. The van der Waals surface area contributed by atoms with Crippen molar-refractivity contribution in [3.8, 4) is 0 Å². The van der Waals surface area contributed by atoms with E-state index in [-0.39, 0.29) is 12.4 Å². The van der Waals surface area contributed by atoms with Crippen LogP contribution in [0, 0.1) is 0 Å². The van der Waals surface area contributed by atoms with E-state index in [0.29, 0.717) is 6.61 Å². The van der Waals surface area contributed by atoms with Crippen LogP contribution in [0.1, 0.15) is 12.8 Å². The summed E-state index contributed by atoms with van der Waals surface area (Å²) in [6.45, 7) is 0.412. The first-order valence-electron chi connectivity index (χ1n) is 3.31. The normalized spacial score (nSPS) is 34.2. The third-order valence-corrected chi connectivity index (χ3v) is 1.60. The zero-order chi connectivity index (χ0) is 7.40. The summed E-state index contributed by atoms with van der Waals surface area (Å²) in [5.74, 6) is 0. The molecule has 0 aromatic rings. The molecule has 1 aliphatic heterocycles. The average molecular weight is 148 g/mol. The van der Waals surface area contributed by atoms with Crippen molar-refractivity contribution in [3.63, 3.8) is 0 Å². The van der Waals surface area contributed by atoms with E-state index in [9.17, 15) is 0 Å². The molecule has 10 heavy (non-hydrogen) atoms. The standard InChI is InChI=1S/C6H12O4/c1-8-6-3-2-5(10-7)4-9-6/h5-7H,2-4H2,1H3. The van der Waals surface area contributed by atoms with Crippen LogP contribution in [0.15, 0.2) is 0 Å². The van der Waals surface area contributed by atoms with Crippen molar-refractivity contribution >= 4 is 0 Å². The number of ether oxygens (including phenoxy) is 2. The minimum atomic E-state index is -0.175. The summed E-state index contributed by atoms with van der Waals surface area (Å²) in [4.78, 5) is 4.10. The molecule has 0 aromatic heterocycles. The SMILES string of the molecule is COC1CCC(OO)CO1. The lowest BCUT2D eigenvalue weighted by molar-refractivity contribution is -0.310. The van der Waals surface area contributed by atoms with Gasteiger partial charge in [0.2, 0.25) is 0 Å². The van der Waals surface area contributed by atoms with Crippen LogP contribution in [-0.2, 0) is 14.4 Å². The topological polar surface area (TPSA) is 47.9 Å². The minimum Gasteiger partial charge on any atom is -0.356 e. The third kappa shape index (κ3) is 1.91. The van der Waals surface area contributed by atoms with Gasteiger partial charge in [0.05, 0.1) is 6.61 Å². The van der Waals surface area contributed by atoms with Gasteiger partial charge in [0.1, 0.15) is 6.10 Å². The molecule has 60 valence electrons. The molecule has 0 bridgehead atoms. The maximum Gasteiger partial charge on any atom is 0.157 e. The van der Waals surface area contributed by atoms with Crippen molar-refractivity contribution < 1.29 is 19.6 Å². The highest BCUT2D eigenvalue weighted by molar-refractivity contribution is 4.63. The Morgan fingerprint density at radius 3 is 2.70 bits per heavy atom. The van der Waals surface area contributed by atoms with Crippen LogP contribution >= 0.6 is 0 Å². The van der Waals surface area contributed by atoms with Gasteiger partial charge in [-0.2, -0.15) is 0 Å². The second-order valence-electron chi connectivity index (χ2n) is 2.30. The molecule has 2 unspecified atom stereocenters. The summed E-state index contributed by atoms with van der Waals surface area (Å²) in [5, 5.41) is 8.23. The van der Waals surface area contributed by atoms with Crippen LogP contribution in [-0.4, -0.2) is 31.4 Å². The number of methoxy groups -OCH3 is 1. The summed E-state index contributed by atoms with van der Waals surface area (Å²) in [5.41, 5.74) is 0. The highest BCUT2D eigenvalue weighted by Gasteiger charge is 2.21. The summed E-state index contributed by atoms with van der Waals surface area (Å²) >= 11 is 0. The lowest BCUT2D eigenvalue weighted by Gasteiger charge is -2.25. The molecule has 0 amide bonds. The first kappa shape index (κ1) is 7.94. The van der Waals surface area contributed by atoms with Crippen LogP contribution in [0.2, 0.25) is 0 Å². The second kappa shape index (κ2) is 3.88. The van der Waals surface area contributed by atoms with Gasteiger partial charge in [-0.15, -0.1) is 0 Å². The van der Waals surface area contributed by atoms with Crippen molar-refractivity contribution in [2.75, 3.05) is 13.7 Å². The summed E-state index contributed by atoms with van der Waals surface area (Å²) in [7, 11) is 1.60. The lowest BCUT2D eigenvalue weighted by atomic mass is 10.1. The third-order valence-electron chi connectivity index (χ3n) is 1.60. The van der Waals surface area contributed by atoms with E-state index in [1.54, 1.807) is 7.11 Å². The highest BCUT2D eigenvalue weighted by Crippen LogP contribution is 2.15. The first-order chi connectivity index (χ1) is 4.86. The van der Waals surface area contributed by atoms with E-state index in [1.165, 1.54) is 0 Å². The Morgan fingerprint density at radius 1 is 1.50 bits per heavy atom. The Bertz CT molecular complexity index is 75.7. The van der Waals surface area contributed by atoms with Gasteiger partial charge in [0.15, 0.2) is 6.29 Å². The van der Waals surface area contributed by atoms with Gasteiger partial charge in [-0.1, -0.05) is 0 Å². The number of rotatable bonds is 2. The van der Waals surface area contributed by atoms with Crippen molar-refractivity contribution in [2.24, 2.45) is 0 Å². The van der Waals surface area contributed by atoms with Crippen molar-refractivity contribution in [2.45, 2.75) is 25.2 Å².